The van der Waals surface area contributed by atoms with Crippen LogP contribution in [0.2, 0.25) is 0 Å². The molecule has 0 spiro atoms. The molecule has 1 saturated heterocycles. The second-order valence-electron chi connectivity index (χ2n) is 5.20. The van der Waals surface area contributed by atoms with Crippen molar-refractivity contribution in [3.05, 3.63) is 35.5 Å². The van der Waals surface area contributed by atoms with E-state index >= 15 is 0 Å². The first-order valence-electron chi connectivity index (χ1n) is 7.18. The Morgan fingerprint density at radius 3 is 2.67 bits per heavy atom. The van der Waals surface area contributed by atoms with Crippen LogP contribution in [0.3, 0.4) is 0 Å². The van der Waals surface area contributed by atoms with Crippen LogP contribution in [-0.2, 0) is 16.0 Å². The van der Waals surface area contributed by atoms with Gasteiger partial charge in [0, 0.05) is 36.8 Å². The molecular formula is C16H20Cl2N2O4. The van der Waals surface area contributed by atoms with Crippen molar-refractivity contribution in [1.29, 1.82) is 0 Å². The zero-order valence-electron chi connectivity index (χ0n) is 13.2. The van der Waals surface area contributed by atoms with Crippen LogP contribution in [0.5, 0.6) is 5.75 Å². The van der Waals surface area contributed by atoms with E-state index in [1.165, 1.54) is 7.11 Å². The van der Waals surface area contributed by atoms with Gasteiger partial charge in [-0.25, -0.2) is 4.79 Å². The largest absolute Gasteiger partial charge is 0.508 e. The first-order valence-corrected chi connectivity index (χ1v) is 7.18. The molecular weight excluding hydrogens is 355 g/mol. The van der Waals surface area contributed by atoms with Gasteiger partial charge in [0.2, 0.25) is 0 Å². The summed E-state index contributed by atoms with van der Waals surface area (Å²) >= 11 is 0. The SMILES string of the molecule is COC(=O)c1ccnc2ccc(O)c(CN3CCOCC3)c12.Cl.Cl. The molecule has 0 radical (unpaired) electrons. The number of pyridine rings is 1. The van der Waals surface area contributed by atoms with Crippen molar-refractivity contribution in [2.24, 2.45) is 0 Å². The first-order chi connectivity index (χ1) is 10.7. The van der Waals surface area contributed by atoms with Crippen LogP contribution in [0, 0.1) is 0 Å². The third kappa shape index (κ3) is 4.08. The monoisotopic (exact) mass is 374 g/mol. The van der Waals surface area contributed by atoms with Crippen molar-refractivity contribution in [3.8, 4) is 5.75 Å². The third-order valence-electron chi connectivity index (χ3n) is 3.88. The maximum Gasteiger partial charge on any atom is 0.338 e. The van der Waals surface area contributed by atoms with Gasteiger partial charge in [-0.2, -0.15) is 0 Å². The van der Waals surface area contributed by atoms with Gasteiger partial charge in [0.1, 0.15) is 5.75 Å². The Morgan fingerprint density at radius 1 is 1.29 bits per heavy atom. The van der Waals surface area contributed by atoms with Gasteiger partial charge in [-0.15, -0.1) is 24.8 Å². The lowest BCUT2D eigenvalue weighted by Gasteiger charge is -2.27. The third-order valence-corrected chi connectivity index (χ3v) is 3.88. The summed E-state index contributed by atoms with van der Waals surface area (Å²) in [6.45, 7) is 3.48. The van der Waals surface area contributed by atoms with E-state index < -0.39 is 5.97 Å². The number of fused-ring (bicyclic) bond motifs is 1. The van der Waals surface area contributed by atoms with Gasteiger partial charge in [-0.05, 0) is 18.2 Å². The number of phenolic OH excluding ortho intramolecular Hbond substituents is 1. The molecule has 1 aromatic heterocycles. The molecule has 0 bridgehead atoms. The van der Waals surface area contributed by atoms with Gasteiger partial charge in [0.15, 0.2) is 0 Å². The highest BCUT2D eigenvalue weighted by molar-refractivity contribution is 6.05. The van der Waals surface area contributed by atoms with Gasteiger partial charge in [-0.3, -0.25) is 9.88 Å². The molecule has 1 aliphatic rings. The molecule has 24 heavy (non-hydrogen) atoms. The molecule has 2 aromatic rings. The smallest absolute Gasteiger partial charge is 0.338 e. The summed E-state index contributed by atoms with van der Waals surface area (Å²) in [5, 5.41) is 10.9. The number of hydrogen-bond donors (Lipinski definition) is 1. The van der Waals surface area contributed by atoms with Crippen LogP contribution in [0.1, 0.15) is 15.9 Å². The van der Waals surface area contributed by atoms with Gasteiger partial charge >= 0.3 is 5.97 Å². The number of carbonyl (C=O) groups excluding carboxylic acids is 1. The van der Waals surface area contributed by atoms with E-state index in [0.29, 0.717) is 41.8 Å². The van der Waals surface area contributed by atoms with E-state index in [9.17, 15) is 9.90 Å². The molecule has 1 fully saturated rings. The molecule has 0 unspecified atom stereocenters. The van der Waals surface area contributed by atoms with Crippen molar-refractivity contribution < 1.29 is 19.4 Å². The fourth-order valence-electron chi connectivity index (χ4n) is 2.73. The number of esters is 1. The number of aromatic hydroxyl groups is 1. The molecule has 0 atom stereocenters. The summed E-state index contributed by atoms with van der Waals surface area (Å²) < 4.78 is 10.2. The summed E-state index contributed by atoms with van der Waals surface area (Å²) in [6.07, 6.45) is 1.57. The van der Waals surface area contributed by atoms with E-state index in [1.807, 2.05) is 0 Å². The van der Waals surface area contributed by atoms with Crippen LogP contribution in [0.15, 0.2) is 24.4 Å². The van der Waals surface area contributed by atoms with E-state index in [-0.39, 0.29) is 30.6 Å². The number of rotatable bonds is 3. The van der Waals surface area contributed by atoms with Gasteiger partial charge in [0.05, 0.1) is 31.4 Å². The average molecular weight is 375 g/mol. The summed E-state index contributed by atoms with van der Waals surface area (Å²) in [5.74, 6) is -0.265. The summed E-state index contributed by atoms with van der Waals surface area (Å²) in [7, 11) is 1.35. The molecule has 1 aromatic carbocycles. The minimum absolute atomic E-state index is 0. The van der Waals surface area contributed by atoms with Crippen LogP contribution in [0.25, 0.3) is 10.9 Å². The number of benzene rings is 1. The Morgan fingerprint density at radius 2 is 2.00 bits per heavy atom. The highest BCUT2D eigenvalue weighted by Crippen LogP contribution is 2.30. The average Bonchev–Trinajstić information content (AvgIpc) is 2.57. The molecule has 0 saturated carbocycles. The lowest BCUT2D eigenvalue weighted by molar-refractivity contribution is 0.0340. The predicted octanol–water partition coefficient (Wildman–Crippen LogP) is 2.40. The molecule has 132 valence electrons. The van der Waals surface area contributed by atoms with Crippen LogP contribution in [-0.4, -0.2) is 54.4 Å². The van der Waals surface area contributed by atoms with E-state index in [0.717, 1.165) is 13.1 Å². The maximum atomic E-state index is 12.0. The molecule has 1 aliphatic heterocycles. The number of phenols is 1. The molecule has 8 heteroatoms. The Balaban J connectivity index is 0.00000144. The zero-order valence-corrected chi connectivity index (χ0v) is 14.9. The minimum atomic E-state index is -0.429. The topological polar surface area (TPSA) is 71.9 Å². The Bertz CT molecular complexity index is 706. The standard InChI is InChI=1S/C16H18N2O4.2ClH/c1-21-16(20)11-4-5-17-13-2-3-14(19)12(15(11)13)10-18-6-8-22-9-7-18;;/h2-5,19H,6-10H2,1H3;2*1H. The predicted molar refractivity (Wildman–Crippen MR) is 95.3 cm³/mol. The van der Waals surface area contributed by atoms with Crippen molar-refractivity contribution in [2.75, 3.05) is 33.4 Å². The highest BCUT2D eigenvalue weighted by atomic mass is 35.5. The lowest BCUT2D eigenvalue weighted by Crippen LogP contribution is -2.35. The number of ether oxygens (including phenoxy) is 2. The summed E-state index contributed by atoms with van der Waals surface area (Å²) in [5.41, 5.74) is 1.79. The normalized spacial score (nSPS) is 14.5. The highest BCUT2D eigenvalue weighted by Gasteiger charge is 2.20. The van der Waals surface area contributed by atoms with Crippen molar-refractivity contribution >= 4 is 41.7 Å². The second kappa shape index (κ2) is 9.03. The van der Waals surface area contributed by atoms with Gasteiger partial charge < -0.3 is 14.6 Å². The quantitative estimate of drug-likeness (QED) is 0.831. The molecule has 6 nitrogen and oxygen atoms in total. The Labute approximate surface area is 152 Å². The van der Waals surface area contributed by atoms with Crippen molar-refractivity contribution in [3.63, 3.8) is 0 Å². The summed E-state index contributed by atoms with van der Waals surface area (Å²) in [6, 6.07) is 4.95. The van der Waals surface area contributed by atoms with Gasteiger partial charge in [-0.1, -0.05) is 0 Å². The fraction of sp³-hybridized carbons (Fsp3) is 0.375. The van der Waals surface area contributed by atoms with E-state index in [2.05, 4.69) is 9.88 Å². The van der Waals surface area contributed by atoms with E-state index in [4.69, 9.17) is 9.47 Å². The number of methoxy groups -OCH3 is 1. The molecule has 3 rings (SSSR count). The number of nitrogens with zero attached hydrogens (tertiary/aromatic N) is 2. The first kappa shape index (κ1) is 20.4. The number of carbonyl (C=O) groups is 1. The Hall–Kier alpha value is -1.60. The van der Waals surface area contributed by atoms with Crippen molar-refractivity contribution in [1.82, 2.24) is 9.88 Å². The molecule has 0 amide bonds. The van der Waals surface area contributed by atoms with Crippen molar-refractivity contribution in [2.45, 2.75) is 6.54 Å². The zero-order chi connectivity index (χ0) is 15.5. The van der Waals surface area contributed by atoms with Crippen LogP contribution < -0.4 is 0 Å². The Kier molecular flexibility index (Phi) is 7.69. The molecule has 0 aliphatic carbocycles. The van der Waals surface area contributed by atoms with Crippen LogP contribution in [0.4, 0.5) is 0 Å². The van der Waals surface area contributed by atoms with E-state index in [1.54, 1.807) is 24.4 Å². The number of hydrogen-bond acceptors (Lipinski definition) is 6. The second-order valence-corrected chi connectivity index (χ2v) is 5.20. The number of aromatic nitrogens is 1. The number of morpholine rings is 1. The molecule has 2 heterocycles. The van der Waals surface area contributed by atoms with Gasteiger partial charge in [0.25, 0.3) is 0 Å². The maximum absolute atomic E-state index is 12.0. The van der Waals surface area contributed by atoms with Crippen LogP contribution >= 0.6 is 24.8 Å². The lowest BCUT2D eigenvalue weighted by atomic mass is 10.0. The minimum Gasteiger partial charge on any atom is -0.508 e. The molecule has 1 N–H and O–H groups in total. The fourth-order valence-corrected chi connectivity index (χ4v) is 2.73. The summed E-state index contributed by atoms with van der Waals surface area (Å²) in [4.78, 5) is 18.5. The number of halogens is 2.